The molecule has 0 radical (unpaired) electrons. The lowest BCUT2D eigenvalue weighted by Gasteiger charge is -2.45. The van der Waals surface area contributed by atoms with Gasteiger partial charge in [-0.15, -0.1) is 0 Å². The highest BCUT2D eigenvalue weighted by atomic mass is 19.1. The predicted octanol–water partition coefficient (Wildman–Crippen LogP) is 9.23. The second-order valence-electron chi connectivity index (χ2n) is 14.6. The van der Waals surface area contributed by atoms with Gasteiger partial charge in [-0.1, -0.05) is 65.8 Å². The molecule has 2 aliphatic rings. The number of halogens is 4. The lowest BCUT2D eigenvalue weighted by Crippen LogP contribution is -2.61. The summed E-state index contributed by atoms with van der Waals surface area (Å²) in [6.45, 7) is 14.6. The highest BCUT2D eigenvalue weighted by molar-refractivity contribution is 7.00. The average molecular weight is 619 g/mol. The van der Waals surface area contributed by atoms with Crippen LogP contribution in [-0.4, -0.2) is 6.71 Å². The third-order valence-electron chi connectivity index (χ3n) is 9.24. The third-order valence-corrected chi connectivity index (χ3v) is 9.24. The molecule has 0 unspecified atom stereocenters. The van der Waals surface area contributed by atoms with E-state index in [2.05, 4.69) is 65.8 Å². The van der Waals surface area contributed by atoms with Crippen molar-refractivity contribution in [1.29, 1.82) is 0 Å². The molecule has 0 N–H and O–H groups in total. The molecule has 0 aromatic heterocycles. The van der Waals surface area contributed by atoms with Crippen molar-refractivity contribution in [2.75, 3.05) is 9.80 Å². The van der Waals surface area contributed by atoms with Crippen LogP contribution in [0.4, 0.5) is 51.7 Å². The minimum Gasteiger partial charge on any atom is -0.309 e. The summed E-state index contributed by atoms with van der Waals surface area (Å²) in [6.07, 6.45) is 0. The van der Waals surface area contributed by atoms with Gasteiger partial charge in [0.05, 0.1) is 11.4 Å². The number of benzene rings is 5. The van der Waals surface area contributed by atoms with Gasteiger partial charge in [-0.3, -0.25) is 0 Å². The van der Waals surface area contributed by atoms with Crippen LogP contribution in [0.2, 0.25) is 0 Å². The molecule has 2 heterocycles. The largest absolute Gasteiger partial charge is 0.309 e. The van der Waals surface area contributed by atoms with E-state index in [4.69, 9.17) is 0 Å². The van der Waals surface area contributed by atoms with Crippen LogP contribution in [0.5, 0.6) is 0 Å². The first-order chi connectivity index (χ1) is 21.6. The first-order valence-electron chi connectivity index (χ1n) is 15.6. The molecule has 0 spiro atoms. The molecule has 0 saturated carbocycles. The van der Waals surface area contributed by atoms with Gasteiger partial charge in [-0.05, 0) is 99.4 Å². The van der Waals surface area contributed by atoms with E-state index in [1.54, 1.807) is 0 Å². The topological polar surface area (TPSA) is 6.48 Å². The second-order valence-corrected chi connectivity index (χ2v) is 14.6. The molecule has 46 heavy (non-hydrogen) atoms. The van der Waals surface area contributed by atoms with Gasteiger partial charge < -0.3 is 9.80 Å². The van der Waals surface area contributed by atoms with Crippen molar-refractivity contribution in [3.63, 3.8) is 0 Å². The summed E-state index contributed by atoms with van der Waals surface area (Å²) >= 11 is 0. The number of fused-ring (bicyclic) bond motifs is 4. The Hall–Kier alpha value is -4.52. The normalized spacial score (nSPS) is 13.8. The summed E-state index contributed by atoms with van der Waals surface area (Å²) in [4.78, 5) is 3.72. The Morgan fingerprint density at radius 1 is 0.478 bits per heavy atom. The van der Waals surface area contributed by atoms with E-state index < -0.39 is 23.3 Å². The first-order valence-corrected chi connectivity index (χ1v) is 15.6. The van der Waals surface area contributed by atoms with Gasteiger partial charge in [0.1, 0.15) is 23.3 Å². The van der Waals surface area contributed by atoms with E-state index in [9.17, 15) is 8.78 Å². The van der Waals surface area contributed by atoms with Crippen molar-refractivity contribution in [2.24, 2.45) is 0 Å². The van der Waals surface area contributed by atoms with Gasteiger partial charge in [-0.25, -0.2) is 17.6 Å². The quantitative estimate of drug-likeness (QED) is 0.141. The van der Waals surface area contributed by atoms with Crippen molar-refractivity contribution < 1.29 is 17.6 Å². The molecule has 2 aliphatic heterocycles. The first kappa shape index (κ1) is 30.2. The van der Waals surface area contributed by atoms with Gasteiger partial charge >= 0.3 is 0 Å². The van der Waals surface area contributed by atoms with Crippen LogP contribution < -0.4 is 26.2 Å². The van der Waals surface area contributed by atoms with E-state index in [-0.39, 0.29) is 28.9 Å². The van der Waals surface area contributed by atoms with Crippen molar-refractivity contribution in [3.05, 3.63) is 125 Å². The van der Waals surface area contributed by atoms with Gasteiger partial charge in [-0.2, -0.15) is 0 Å². The van der Waals surface area contributed by atoms with E-state index in [1.807, 2.05) is 41.0 Å². The van der Waals surface area contributed by atoms with Crippen molar-refractivity contribution in [3.8, 4) is 0 Å². The zero-order valence-corrected chi connectivity index (χ0v) is 27.1. The van der Waals surface area contributed by atoms with Crippen LogP contribution in [-0.2, 0) is 10.8 Å². The summed E-state index contributed by atoms with van der Waals surface area (Å²) in [5.41, 5.74) is 9.03. The minimum atomic E-state index is -0.688. The fourth-order valence-corrected chi connectivity index (χ4v) is 6.92. The van der Waals surface area contributed by atoms with Gasteiger partial charge in [0.15, 0.2) is 0 Å². The summed E-state index contributed by atoms with van der Waals surface area (Å²) in [5, 5.41) is 0. The summed E-state index contributed by atoms with van der Waals surface area (Å²) in [5.74, 6) is -2.70. The average Bonchev–Trinajstić information content (AvgIpc) is 2.96. The molecule has 0 saturated heterocycles. The zero-order valence-electron chi connectivity index (χ0n) is 27.1. The third kappa shape index (κ3) is 4.71. The fraction of sp³-hybridized carbons (Fsp3) is 0.231. The number of hydrogen-bond donors (Lipinski definition) is 0. The Morgan fingerprint density at radius 3 is 1.24 bits per heavy atom. The molecule has 5 aromatic carbocycles. The molecule has 232 valence electrons. The van der Waals surface area contributed by atoms with Crippen LogP contribution in [0.3, 0.4) is 0 Å². The molecule has 2 nitrogen and oxygen atoms in total. The van der Waals surface area contributed by atoms with Gasteiger partial charge in [0.25, 0.3) is 6.71 Å². The van der Waals surface area contributed by atoms with E-state index in [0.29, 0.717) is 0 Å². The molecular weight excluding hydrogens is 583 g/mol. The molecule has 0 atom stereocenters. The molecule has 0 fully saturated rings. The molecular formula is C39H35BF4N2. The summed E-state index contributed by atoms with van der Waals surface area (Å²) in [7, 11) is 0. The van der Waals surface area contributed by atoms with Crippen molar-refractivity contribution in [1.82, 2.24) is 0 Å². The van der Waals surface area contributed by atoms with E-state index in [1.165, 1.54) is 24.3 Å². The van der Waals surface area contributed by atoms with Crippen LogP contribution in [0, 0.1) is 30.2 Å². The second kappa shape index (κ2) is 10.2. The Balaban J connectivity index is 1.64. The van der Waals surface area contributed by atoms with Crippen molar-refractivity contribution in [2.45, 2.75) is 59.3 Å². The van der Waals surface area contributed by atoms with Gasteiger partial charge in [0.2, 0.25) is 0 Å². The van der Waals surface area contributed by atoms with E-state index in [0.717, 1.165) is 68.0 Å². The Labute approximate surface area is 268 Å². The molecule has 5 aromatic rings. The van der Waals surface area contributed by atoms with E-state index >= 15 is 8.78 Å². The van der Waals surface area contributed by atoms with Crippen LogP contribution in [0.25, 0.3) is 0 Å². The van der Waals surface area contributed by atoms with Crippen molar-refractivity contribution >= 4 is 57.2 Å². The SMILES string of the molecule is Cc1cc2c3c(c1)N(c1ccc(F)cc1F)c1ccc(C(C)(C)C)cc1B3c1cc(C(C)(C)C)ccc1N2c1ccc(F)cc1F. The molecule has 7 rings (SSSR count). The molecule has 7 heteroatoms. The standard InChI is InChI=1S/C39H35BF4N2/c1-22-16-35-37-36(17-22)46(34-15-11-26(42)21-30(34)44)32-13-9-24(39(5,6)7)19-28(32)40(37)27-18-23(38(2,3)4)8-12-31(27)45(35)33-14-10-25(41)20-29(33)43/h8-21H,1-7H3. The van der Waals surface area contributed by atoms with Crippen LogP contribution >= 0.6 is 0 Å². The molecule has 0 aliphatic carbocycles. The maximum Gasteiger partial charge on any atom is 0.252 e. The maximum absolute atomic E-state index is 15.8. The smallest absolute Gasteiger partial charge is 0.252 e. The number of hydrogen-bond acceptors (Lipinski definition) is 2. The monoisotopic (exact) mass is 618 g/mol. The number of rotatable bonds is 2. The Kier molecular flexibility index (Phi) is 6.72. The molecule has 0 bridgehead atoms. The van der Waals surface area contributed by atoms with Crippen LogP contribution in [0.1, 0.15) is 58.2 Å². The highest BCUT2D eigenvalue weighted by Gasteiger charge is 2.45. The zero-order chi connectivity index (χ0) is 32.9. The predicted molar refractivity (Wildman–Crippen MR) is 182 cm³/mol. The fourth-order valence-electron chi connectivity index (χ4n) is 6.92. The summed E-state index contributed by atoms with van der Waals surface area (Å²) < 4.78 is 60.0. The molecule has 0 amide bonds. The van der Waals surface area contributed by atoms with Crippen LogP contribution in [0.15, 0.2) is 84.9 Å². The Morgan fingerprint density at radius 2 is 0.870 bits per heavy atom. The van der Waals surface area contributed by atoms with Gasteiger partial charge in [0, 0.05) is 34.9 Å². The maximum atomic E-state index is 15.8. The number of aryl methyl sites for hydroxylation is 1. The highest BCUT2D eigenvalue weighted by Crippen LogP contribution is 2.46. The number of anilines is 6. The lowest BCUT2D eigenvalue weighted by molar-refractivity contribution is 0.583. The lowest BCUT2D eigenvalue weighted by atomic mass is 9.33. The minimum absolute atomic E-state index is 0.175. The Bertz CT molecular complexity index is 1920. The summed E-state index contributed by atoms with van der Waals surface area (Å²) in [6, 6.07) is 23.9. The number of nitrogens with zero attached hydrogens (tertiary/aromatic N) is 2.